The molecule has 104 valence electrons. The average molecular weight is 270 g/mol. The third kappa shape index (κ3) is 3.16. The van der Waals surface area contributed by atoms with E-state index >= 15 is 0 Å². The molecular weight excluding hydrogens is 252 g/mol. The standard InChI is InChI=1S/C16H18N2O2/c1-11-14(7-4-8-15(11)19)16(20)18-13-6-3-5-12(9-13)10-17-2/h3-9,17,19H,10H2,1-2H3,(H,18,20). The third-order valence-corrected chi connectivity index (χ3v) is 3.12. The molecule has 0 aliphatic rings. The lowest BCUT2D eigenvalue weighted by Gasteiger charge is -2.10. The molecule has 20 heavy (non-hydrogen) atoms. The second-order valence-electron chi connectivity index (χ2n) is 4.63. The summed E-state index contributed by atoms with van der Waals surface area (Å²) in [5, 5.41) is 15.6. The summed E-state index contributed by atoms with van der Waals surface area (Å²) >= 11 is 0. The number of carbonyl (C=O) groups excluding carboxylic acids is 1. The number of carbonyl (C=O) groups is 1. The Labute approximate surface area is 118 Å². The molecule has 0 aliphatic carbocycles. The molecular formula is C16H18N2O2. The molecule has 0 unspecified atom stereocenters. The Hall–Kier alpha value is -2.33. The van der Waals surface area contributed by atoms with E-state index in [1.807, 2.05) is 31.3 Å². The van der Waals surface area contributed by atoms with Crippen molar-refractivity contribution in [3.63, 3.8) is 0 Å². The molecule has 0 aromatic heterocycles. The molecule has 2 aromatic rings. The zero-order valence-electron chi connectivity index (χ0n) is 11.6. The summed E-state index contributed by atoms with van der Waals surface area (Å²) in [5.41, 5.74) is 2.89. The van der Waals surface area contributed by atoms with Gasteiger partial charge in [-0.2, -0.15) is 0 Å². The van der Waals surface area contributed by atoms with E-state index in [9.17, 15) is 9.90 Å². The molecule has 0 spiro atoms. The molecule has 0 saturated carbocycles. The number of rotatable bonds is 4. The summed E-state index contributed by atoms with van der Waals surface area (Å²) in [6.07, 6.45) is 0. The molecule has 0 bridgehead atoms. The molecule has 0 heterocycles. The summed E-state index contributed by atoms with van der Waals surface area (Å²) in [5.74, 6) is -0.0957. The van der Waals surface area contributed by atoms with Crippen LogP contribution in [0.5, 0.6) is 5.75 Å². The van der Waals surface area contributed by atoms with Crippen LogP contribution in [0.3, 0.4) is 0 Å². The van der Waals surface area contributed by atoms with Crippen LogP contribution < -0.4 is 10.6 Å². The molecule has 0 fully saturated rings. The van der Waals surface area contributed by atoms with Gasteiger partial charge in [0.1, 0.15) is 5.75 Å². The Morgan fingerprint density at radius 1 is 1.20 bits per heavy atom. The highest BCUT2D eigenvalue weighted by molar-refractivity contribution is 6.05. The molecule has 0 aliphatic heterocycles. The number of hydrogen-bond donors (Lipinski definition) is 3. The van der Waals surface area contributed by atoms with E-state index in [-0.39, 0.29) is 11.7 Å². The molecule has 1 amide bonds. The van der Waals surface area contributed by atoms with Crippen molar-refractivity contribution in [2.24, 2.45) is 0 Å². The normalized spacial score (nSPS) is 10.3. The van der Waals surface area contributed by atoms with Crippen molar-refractivity contribution in [2.75, 3.05) is 12.4 Å². The minimum Gasteiger partial charge on any atom is -0.508 e. The summed E-state index contributed by atoms with van der Waals surface area (Å²) < 4.78 is 0. The van der Waals surface area contributed by atoms with Crippen molar-refractivity contribution in [3.8, 4) is 5.75 Å². The molecule has 2 aromatic carbocycles. The number of aromatic hydroxyl groups is 1. The van der Waals surface area contributed by atoms with Crippen LogP contribution in [0, 0.1) is 6.92 Å². The number of nitrogens with one attached hydrogen (secondary N) is 2. The fourth-order valence-corrected chi connectivity index (χ4v) is 2.03. The van der Waals surface area contributed by atoms with Crippen LogP contribution in [0.2, 0.25) is 0 Å². The maximum Gasteiger partial charge on any atom is 0.256 e. The largest absolute Gasteiger partial charge is 0.508 e. The lowest BCUT2D eigenvalue weighted by molar-refractivity contribution is 0.102. The van der Waals surface area contributed by atoms with Crippen molar-refractivity contribution in [2.45, 2.75) is 13.5 Å². The van der Waals surface area contributed by atoms with E-state index in [2.05, 4.69) is 10.6 Å². The van der Waals surface area contributed by atoms with Gasteiger partial charge in [0.2, 0.25) is 0 Å². The number of phenolic OH excluding ortho intramolecular Hbond substituents is 1. The average Bonchev–Trinajstić information content (AvgIpc) is 2.42. The number of phenols is 1. The minimum atomic E-state index is -0.222. The van der Waals surface area contributed by atoms with Crippen LogP contribution in [0.1, 0.15) is 21.5 Å². The third-order valence-electron chi connectivity index (χ3n) is 3.12. The Balaban J connectivity index is 2.19. The molecule has 0 atom stereocenters. The fourth-order valence-electron chi connectivity index (χ4n) is 2.03. The van der Waals surface area contributed by atoms with E-state index in [1.165, 1.54) is 0 Å². The molecule has 0 radical (unpaired) electrons. The summed E-state index contributed by atoms with van der Waals surface area (Å²) in [6, 6.07) is 12.6. The smallest absolute Gasteiger partial charge is 0.256 e. The van der Waals surface area contributed by atoms with Crippen molar-refractivity contribution in [1.82, 2.24) is 5.32 Å². The van der Waals surface area contributed by atoms with E-state index in [1.54, 1.807) is 25.1 Å². The van der Waals surface area contributed by atoms with E-state index in [0.29, 0.717) is 11.1 Å². The van der Waals surface area contributed by atoms with Gasteiger partial charge in [-0.05, 0) is 43.8 Å². The Morgan fingerprint density at radius 3 is 2.70 bits per heavy atom. The van der Waals surface area contributed by atoms with Crippen LogP contribution in [-0.4, -0.2) is 18.1 Å². The Morgan fingerprint density at radius 2 is 1.95 bits per heavy atom. The lowest BCUT2D eigenvalue weighted by atomic mass is 10.1. The summed E-state index contributed by atoms with van der Waals surface area (Å²) in [4.78, 5) is 12.2. The van der Waals surface area contributed by atoms with Gasteiger partial charge in [-0.25, -0.2) is 0 Å². The lowest BCUT2D eigenvalue weighted by Crippen LogP contribution is -2.14. The zero-order chi connectivity index (χ0) is 14.5. The predicted molar refractivity (Wildman–Crippen MR) is 80.0 cm³/mol. The van der Waals surface area contributed by atoms with Crippen LogP contribution in [0.25, 0.3) is 0 Å². The topological polar surface area (TPSA) is 61.4 Å². The maximum absolute atomic E-state index is 12.2. The van der Waals surface area contributed by atoms with Gasteiger partial charge in [-0.3, -0.25) is 4.79 Å². The minimum absolute atomic E-state index is 0.126. The van der Waals surface area contributed by atoms with Gasteiger partial charge in [0.15, 0.2) is 0 Å². The van der Waals surface area contributed by atoms with Gasteiger partial charge in [0.05, 0.1) is 0 Å². The molecule has 2 rings (SSSR count). The maximum atomic E-state index is 12.2. The van der Waals surface area contributed by atoms with E-state index < -0.39 is 0 Å². The summed E-state index contributed by atoms with van der Waals surface area (Å²) in [6.45, 7) is 2.47. The zero-order valence-corrected chi connectivity index (χ0v) is 11.6. The van der Waals surface area contributed by atoms with Gasteiger partial charge >= 0.3 is 0 Å². The Bertz CT molecular complexity index is 624. The number of hydrogen-bond acceptors (Lipinski definition) is 3. The van der Waals surface area contributed by atoms with Crippen LogP contribution in [0.15, 0.2) is 42.5 Å². The number of amides is 1. The second-order valence-corrected chi connectivity index (χ2v) is 4.63. The first-order chi connectivity index (χ1) is 9.61. The van der Waals surface area contributed by atoms with Crippen molar-refractivity contribution in [1.29, 1.82) is 0 Å². The summed E-state index contributed by atoms with van der Waals surface area (Å²) in [7, 11) is 1.88. The van der Waals surface area contributed by atoms with E-state index in [4.69, 9.17) is 0 Å². The molecule has 3 N–H and O–H groups in total. The molecule has 4 heteroatoms. The first-order valence-electron chi connectivity index (χ1n) is 6.45. The van der Waals surface area contributed by atoms with Crippen LogP contribution in [0.4, 0.5) is 5.69 Å². The van der Waals surface area contributed by atoms with Gasteiger partial charge < -0.3 is 15.7 Å². The van der Waals surface area contributed by atoms with Gasteiger partial charge in [-0.15, -0.1) is 0 Å². The second kappa shape index (κ2) is 6.21. The van der Waals surface area contributed by atoms with Crippen molar-refractivity contribution in [3.05, 3.63) is 59.2 Å². The first kappa shape index (κ1) is 14.1. The highest BCUT2D eigenvalue weighted by atomic mass is 16.3. The molecule has 0 saturated heterocycles. The molecule has 4 nitrogen and oxygen atoms in total. The van der Waals surface area contributed by atoms with Gasteiger partial charge in [-0.1, -0.05) is 18.2 Å². The quantitative estimate of drug-likeness (QED) is 0.800. The van der Waals surface area contributed by atoms with Gasteiger partial charge in [0.25, 0.3) is 5.91 Å². The van der Waals surface area contributed by atoms with Crippen LogP contribution in [-0.2, 0) is 6.54 Å². The van der Waals surface area contributed by atoms with Gasteiger partial charge in [0, 0.05) is 23.4 Å². The fraction of sp³-hybridized carbons (Fsp3) is 0.188. The van der Waals surface area contributed by atoms with E-state index in [0.717, 1.165) is 17.8 Å². The predicted octanol–water partition coefficient (Wildman–Crippen LogP) is 2.67. The monoisotopic (exact) mass is 270 g/mol. The number of anilines is 1. The van der Waals surface area contributed by atoms with Crippen LogP contribution >= 0.6 is 0 Å². The first-order valence-corrected chi connectivity index (χ1v) is 6.45. The number of benzene rings is 2. The van der Waals surface area contributed by atoms with Crippen molar-refractivity contribution >= 4 is 11.6 Å². The highest BCUT2D eigenvalue weighted by Gasteiger charge is 2.11. The SMILES string of the molecule is CNCc1cccc(NC(=O)c2cccc(O)c2C)c1. The highest BCUT2D eigenvalue weighted by Crippen LogP contribution is 2.21. The Kier molecular flexibility index (Phi) is 4.38. The van der Waals surface area contributed by atoms with Crippen molar-refractivity contribution < 1.29 is 9.90 Å².